The largest absolute Gasteiger partial charge is 0.411 e. The van der Waals surface area contributed by atoms with Crippen molar-refractivity contribution in [2.24, 2.45) is 5.16 Å². The van der Waals surface area contributed by atoms with Gasteiger partial charge >= 0.3 is 0 Å². The summed E-state index contributed by atoms with van der Waals surface area (Å²) in [5.74, 6) is 0. The number of hydrogen-bond donors (Lipinski definition) is 1. The molecule has 66 valence electrons. The molecule has 0 fully saturated rings. The molecule has 0 spiro atoms. The number of hydrogen-bond acceptors (Lipinski definition) is 3. The standard InChI is InChI=1S/C9H7ClN2O/c1-6-8(5-12-13)3-2-7(4-11)9(6)10/h2-3,5,13H,1H3. The van der Waals surface area contributed by atoms with Gasteiger partial charge in [-0.3, -0.25) is 0 Å². The molecule has 0 aliphatic rings. The van der Waals surface area contributed by atoms with Crippen molar-refractivity contribution in [1.29, 1.82) is 5.26 Å². The zero-order chi connectivity index (χ0) is 9.84. The molecule has 0 amide bonds. The van der Waals surface area contributed by atoms with Crippen LogP contribution in [0.3, 0.4) is 0 Å². The molecule has 0 radical (unpaired) electrons. The lowest BCUT2D eigenvalue weighted by Gasteiger charge is -2.02. The van der Waals surface area contributed by atoms with E-state index in [0.717, 1.165) is 5.56 Å². The highest BCUT2D eigenvalue weighted by molar-refractivity contribution is 6.32. The molecule has 0 aromatic heterocycles. The Morgan fingerprint density at radius 3 is 2.85 bits per heavy atom. The van der Waals surface area contributed by atoms with Gasteiger partial charge in [-0.1, -0.05) is 22.8 Å². The molecule has 0 aliphatic heterocycles. The third kappa shape index (κ3) is 1.79. The summed E-state index contributed by atoms with van der Waals surface area (Å²) < 4.78 is 0. The third-order valence-corrected chi connectivity index (χ3v) is 2.23. The monoisotopic (exact) mass is 194 g/mol. The maximum Gasteiger partial charge on any atom is 0.101 e. The fourth-order valence-corrected chi connectivity index (χ4v) is 1.20. The smallest absolute Gasteiger partial charge is 0.101 e. The molecule has 1 N–H and O–H groups in total. The fourth-order valence-electron chi connectivity index (χ4n) is 0.988. The van der Waals surface area contributed by atoms with Crippen LogP contribution in [0, 0.1) is 18.3 Å². The molecule has 0 bridgehead atoms. The number of oxime groups is 1. The van der Waals surface area contributed by atoms with Gasteiger partial charge in [0.25, 0.3) is 0 Å². The first-order chi connectivity index (χ1) is 6.20. The topological polar surface area (TPSA) is 56.4 Å². The average molecular weight is 195 g/mol. The molecule has 4 heteroatoms. The Balaban J connectivity index is 3.33. The highest BCUT2D eigenvalue weighted by Gasteiger charge is 2.05. The van der Waals surface area contributed by atoms with Crippen molar-refractivity contribution >= 4 is 17.8 Å². The summed E-state index contributed by atoms with van der Waals surface area (Å²) in [5, 5.41) is 20.3. The van der Waals surface area contributed by atoms with E-state index in [-0.39, 0.29) is 0 Å². The maximum atomic E-state index is 8.65. The first kappa shape index (κ1) is 9.56. The summed E-state index contributed by atoms with van der Waals surface area (Å²) in [5.41, 5.74) is 1.86. The summed E-state index contributed by atoms with van der Waals surface area (Å²) in [4.78, 5) is 0. The zero-order valence-electron chi connectivity index (χ0n) is 6.95. The normalized spacial score (nSPS) is 10.2. The number of benzene rings is 1. The van der Waals surface area contributed by atoms with Crippen LogP contribution in [0.2, 0.25) is 5.02 Å². The van der Waals surface area contributed by atoms with Crippen molar-refractivity contribution < 1.29 is 5.21 Å². The Bertz CT molecular complexity index is 393. The van der Waals surface area contributed by atoms with E-state index in [1.54, 1.807) is 19.1 Å². The maximum absolute atomic E-state index is 8.65. The van der Waals surface area contributed by atoms with Crippen molar-refractivity contribution in [3.8, 4) is 6.07 Å². The SMILES string of the molecule is Cc1c(C=NO)ccc(C#N)c1Cl. The lowest BCUT2D eigenvalue weighted by Crippen LogP contribution is -1.90. The van der Waals surface area contributed by atoms with Gasteiger partial charge in [0.15, 0.2) is 0 Å². The molecule has 1 aromatic rings. The molecule has 0 atom stereocenters. The van der Waals surface area contributed by atoms with Gasteiger partial charge in [-0.25, -0.2) is 0 Å². The molecule has 1 aromatic carbocycles. The summed E-state index contributed by atoms with van der Waals surface area (Å²) in [6, 6.07) is 5.24. The van der Waals surface area contributed by atoms with Crippen LogP contribution in [0.25, 0.3) is 0 Å². The fraction of sp³-hybridized carbons (Fsp3) is 0.111. The van der Waals surface area contributed by atoms with Gasteiger partial charge in [0, 0.05) is 5.56 Å². The molecule has 0 heterocycles. The molecule has 0 saturated carbocycles. The van der Waals surface area contributed by atoms with Crippen LogP contribution in [0.4, 0.5) is 0 Å². The number of halogens is 1. The van der Waals surface area contributed by atoms with Crippen LogP contribution in [0.1, 0.15) is 16.7 Å². The van der Waals surface area contributed by atoms with Crippen LogP contribution in [0.15, 0.2) is 17.3 Å². The average Bonchev–Trinajstić information content (AvgIpc) is 2.14. The number of nitrogens with zero attached hydrogens (tertiary/aromatic N) is 2. The van der Waals surface area contributed by atoms with E-state index in [2.05, 4.69) is 5.16 Å². The summed E-state index contributed by atoms with van der Waals surface area (Å²) in [6.07, 6.45) is 1.28. The first-order valence-electron chi connectivity index (χ1n) is 3.57. The Labute approximate surface area is 80.9 Å². The lowest BCUT2D eigenvalue weighted by molar-refractivity contribution is 0.322. The zero-order valence-corrected chi connectivity index (χ0v) is 7.71. The number of nitriles is 1. The predicted octanol–water partition coefficient (Wildman–Crippen LogP) is 2.33. The summed E-state index contributed by atoms with van der Waals surface area (Å²) in [7, 11) is 0. The molecule has 0 aliphatic carbocycles. The van der Waals surface area contributed by atoms with E-state index in [1.807, 2.05) is 6.07 Å². The minimum Gasteiger partial charge on any atom is -0.411 e. The quantitative estimate of drug-likeness (QED) is 0.424. The minimum atomic E-state index is 0.403. The van der Waals surface area contributed by atoms with Crippen molar-refractivity contribution in [2.45, 2.75) is 6.92 Å². The second-order valence-electron chi connectivity index (χ2n) is 2.50. The van der Waals surface area contributed by atoms with Crippen LogP contribution in [-0.4, -0.2) is 11.4 Å². The van der Waals surface area contributed by atoms with Crippen LogP contribution in [0.5, 0.6) is 0 Å². The third-order valence-electron chi connectivity index (χ3n) is 1.75. The van der Waals surface area contributed by atoms with Gasteiger partial charge in [-0.2, -0.15) is 5.26 Å². The molecular formula is C9H7ClN2O. The molecule has 0 unspecified atom stereocenters. The van der Waals surface area contributed by atoms with Crippen molar-refractivity contribution in [3.63, 3.8) is 0 Å². The molecule has 13 heavy (non-hydrogen) atoms. The van der Waals surface area contributed by atoms with Crippen LogP contribution >= 0.6 is 11.6 Å². The minimum absolute atomic E-state index is 0.403. The van der Waals surface area contributed by atoms with Crippen molar-refractivity contribution in [3.05, 3.63) is 33.8 Å². The Hall–Kier alpha value is -1.53. The van der Waals surface area contributed by atoms with Crippen LogP contribution < -0.4 is 0 Å². The van der Waals surface area contributed by atoms with Gasteiger partial charge in [0.2, 0.25) is 0 Å². The first-order valence-corrected chi connectivity index (χ1v) is 3.95. The molecule has 3 nitrogen and oxygen atoms in total. The van der Waals surface area contributed by atoms with E-state index in [9.17, 15) is 0 Å². The van der Waals surface area contributed by atoms with Gasteiger partial charge < -0.3 is 5.21 Å². The number of rotatable bonds is 1. The van der Waals surface area contributed by atoms with Gasteiger partial charge in [0.1, 0.15) is 6.07 Å². The van der Waals surface area contributed by atoms with E-state index < -0.39 is 0 Å². The van der Waals surface area contributed by atoms with Gasteiger partial charge in [-0.05, 0) is 18.6 Å². The van der Waals surface area contributed by atoms with Crippen LogP contribution in [-0.2, 0) is 0 Å². The highest BCUT2D eigenvalue weighted by Crippen LogP contribution is 2.22. The van der Waals surface area contributed by atoms with Gasteiger partial charge in [0.05, 0.1) is 16.8 Å². The van der Waals surface area contributed by atoms with E-state index in [0.29, 0.717) is 16.1 Å². The van der Waals surface area contributed by atoms with Gasteiger partial charge in [-0.15, -0.1) is 0 Å². The second-order valence-corrected chi connectivity index (χ2v) is 2.88. The van der Waals surface area contributed by atoms with Crippen molar-refractivity contribution in [2.75, 3.05) is 0 Å². The summed E-state index contributed by atoms with van der Waals surface area (Å²) in [6.45, 7) is 1.76. The highest BCUT2D eigenvalue weighted by atomic mass is 35.5. The molecular weight excluding hydrogens is 188 g/mol. The van der Waals surface area contributed by atoms with Crippen molar-refractivity contribution in [1.82, 2.24) is 0 Å². The predicted molar refractivity (Wildman–Crippen MR) is 50.3 cm³/mol. The van der Waals surface area contributed by atoms with E-state index in [4.69, 9.17) is 22.1 Å². The van der Waals surface area contributed by atoms with E-state index >= 15 is 0 Å². The van der Waals surface area contributed by atoms with E-state index in [1.165, 1.54) is 6.21 Å². The second kappa shape index (κ2) is 3.92. The molecule has 1 rings (SSSR count). The Morgan fingerprint density at radius 2 is 2.31 bits per heavy atom. The molecule has 0 saturated heterocycles. The Kier molecular flexibility index (Phi) is 2.88. The summed E-state index contributed by atoms with van der Waals surface area (Å²) >= 11 is 5.87. The lowest BCUT2D eigenvalue weighted by atomic mass is 10.1. The Morgan fingerprint density at radius 1 is 1.62 bits per heavy atom.